The van der Waals surface area contributed by atoms with Crippen LogP contribution in [0.15, 0.2) is 30.5 Å². The number of primary amides is 1. The van der Waals surface area contributed by atoms with E-state index in [2.05, 4.69) is 4.98 Å². The molecule has 0 bridgehead atoms. The first-order chi connectivity index (χ1) is 9.63. The lowest BCUT2D eigenvalue weighted by Crippen LogP contribution is -2.39. The van der Waals surface area contributed by atoms with E-state index in [1.165, 1.54) is 4.90 Å². The topological polar surface area (TPSA) is 79.2 Å². The number of carbonyl (C=O) groups is 2. The minimum atomic E-state index is -0.491. The van der Waals surface area contributed by atoms with Gasteiger partial charge in [-0.3, -0.25) is 9.59 Å². The van der Waals surface area contributed by atoms with Crippen LogP contribution in [0.4, 0.5) is 0 Å². The second kappa shape index (κ2) is 6.23. The molecule has 0 unspecified atom stereocenters. The highest BCUT2D eigenvalue weighted by Crippen LogP contribution is 2.19. The lowest BCUT2D eigenvalue weighted by molar-refractivity contribution is -0.118. The van der Waals surface area contributed by atoms with E-state index in [-0.39, 0.29) is 12.5 Å². The standard InChI is InChI=1S/C15H19N3O2/c1-2-3-8-18(10-14(16)19)15(20)12-9-17-13-7-5-4-6-11(12)13/h4-7,9,17H,2-3,8,10H2,1H3,(H2,16,19). The van der Waals surface area contributed by atoms with Crippen LogP contribution in [0.3, 0.4) is 0 Å². The van der Waals surface area contributed by atoms with Crippen molar-refractivity contribution >= 4 is 22.7 Å². The van der Waals surface area contributed by atoms with Crippen molar-refractivity contribution in [2.75, 3.05) is 13.1 Å². The summed E-state index contributed by atoms with van der Waals surface area (Å²) >= 11 is 0. The van der Waals surface area contributed by atoms with Crippen LogP contribution in [0, 0.1) is 0 Å². The Kier molecular flexibility index (Phi) is 4.40. The Hall–Kier alpha value is -2.30. The molecule has 0 saturated heterocycles. The number of nitrogens with one attached hydrogen (secondary N) is 1. The summed E-state index contributed by atoms with van der Waals surface area (Å²) in [4.78, 5) is 28.3. The molecule has 0 aliphatic carbocycles. The maximum absolute atomic E-state index is 12.6. The van der Waals surface area contributed by atoms with Gasteiger partial charge in [0.25, 0.3) is 5.91 Å². The Morgan fingerprint density at radius 2 is 2.05 bits per heavy atom. The predicted octanol–water partition coefficient (Wildman–Crippen LogP) is 1.90. The second-order valence-electron chi connectivity index (χ2n) is 4.79. The SMILES string of the molecule is CCCCN(CC(N)=O)C(=O)c1c[nH]c2ccccc12. The fourth-order valence-corrected chi connectivity index (χ4v) is 2.21. The third kappa shape index (κ3) is 2.99. The number of para-hydroxylation sites is 1. The highest BCUT2D eigenvalue weighted by molar-refractivity contribution is 6.07. The summed E-state index contributed by atoms with van der Waals surface area (Å²) in [6.07, 6.45) is 3.49. The minimum Gasteiger partial charge on any atom is -0.368 e. The number of carbonyl (C=O) groups excluding carboxylic acids is 2. The third-order valence-electron chi connectivity index (χ3n) is 3.24. The van der Waals surface area contributed by atoms with Gasteiger partial charge in [-0.15, -0.1) is 0 Å². The minimum absolute atomic E-state index is 0.0433. The van der Waals surface area contributed by atoms with Gasteiger partial charge in [0.1, 0.15) is 0 Å². The molecule has 0 radical (unpaired) electrons. The Labute approximate surface area is 117 Å². The Balaban J connectivity index is 2.28. The van der Waals surface area contributed by atoms with E-state index in [9.17, 15) is 9.59 Å². The Morgan fingerprint density at radius 3 is 2.75 bits per heavy atom. The third-order valence-corrected chi connectivity index (χ3v) is 3.24. The van der Waals surface area contributed by atoms with Crippen molar-refractivity contribution in [3.05, 3.63) is 36.0 Å². The van der Waals surface area contributed by atoms with Crippen molar-refractivity contribution in [2.24, 2.45) is 5.73 Å². The van der Waals surface area contributed by atoms with Crippen LogP contribution in [0.2, 0.25) is 0 Å². The Morgan fingerprint density at radius 1 is 1.30 bits per heavy atom. The van der Waals surface area contributed by atoms with E-state index in [0.29, 0.717) is 12.1 Å². The molecule has 3 N–H and O–H groups in total. The summed E-state index contributed by atoms with van der Waals surface area (Å²) in [7, 11) is 0. The number of amides is 2. The van der Waals surface area contributed by atoms with E-state index in [1.54, 1.807) is 6.20 Å². The number of rotatable bonds is 6. The zero-order chi connectivity index (χ0) is 14.5. The largest absolute Gasteiger partial charge is 0.368 e. The monoisotopic (exact) mass is 273 g/mol. The van der Waals surface area contributed by atoms with E-state index in [4.69, 9.17) is 5.73 Å². The van der Waals surface area contributed by atoms with Crippen LogP contribution >= 0.6 is 0 Å². The maximum atomic E-state index is 12.6. The molecule has 0 aliphatic heterocycles. The van der Waals surface area contributed by atoms with Crippen LogP contribution in [0.5, 0.6) is 0 Å². The number of nitrogens with two attached hydrogens (primary N) is 1. The van der Waals surface area contributed by atoms with Gasteiger partial charge >= 0.3 is 0 Å². The first-order valence-corrected chi connectivity index (χ1v) is 6.77. The van der Waals surface area contributed by atoms with Crippen LogP contribution in [0.25, 0.3) is 10.9 Å². The fourth-order valence-electron chi connectivity index (χ4n) is 2.21. The molecular formula is C15H19N3O2. The van der Waals surface area contributed by atoms with Crippen LogP contribution in [-0.4, -0.2) is 34.8 Å². The van der Waals surface area contributed by atoms with Gasteiger partial charge in [-0.2, -0.15) is 0 Å². The first-order valence-electron chi connectivity index (χ1n) is 6.77. The lowest BCUT2D eigenvalue weighted by Gasteiger charge is -2.20. The molecular weight excluding hydrogens is 254 g/mol. The Bertz CT molecular complexity index is 618. The van der Waals surface area contributed by atoms with Crippen molar-refractivity contribution in [1.82, 2.24) is 9.88 Å². The van der Waals surface area contributed by atoms with E-state index in [1.807, 2.05) is 31.2 Å². The molecule has 1 heterocycles. The molecule has 1 aromatic heterocycles. The first kappa shape index (κ1) is 14.1. The summed E-state index contributed by atoms with van der Waals surface area (Å²) in [6.45, 7) is 2.54. The normalized spacial score (nSPS) is 10.7. The average molecular weight is 273 g/mol. The lowest BCUT2D eigenvalue weighted by atomic mass is 10.1. The van der Waals surface area contributed by atoms with Gasteiger partial charge in [0.15, 0.2) is 0 Å². The summed E-state index contributed by atoms with van der Waals surface area (Å²) in [6, 6.07) is 7.60. The van der Waals surface area contributed by atoms with Gasteiger partial charge in [-0.1, -0.05) is 31.5 Å². The van der Waals surface area contributed by atoms with Gasteiger partial charge in [-0.25, -0.2) is 0 Å². The van der Waals surface area contributed by atoms with Crippen molar-refractivity contribution < 1.29 is 9.59 Å². The van der Waals surface area contributed by atoms with Gasteiger partial charge in [-0.05, 0) is 12.5 Å². The van der Waals surface area contributed by atoms with Crippen molar-refractivity contribution in [1.29, 1.82) is 0 Å². The molecule has 1 aromatic carbocycles. The summed E-state index contributed by atoms with van der Waals surface area (Å²) < 4.78 is 0. The van der Waals surface area contributed by atoms with Crippen LogP contribution < -0.4 is 5.73 Å². The van der Waals surface area contributed by atoms with Crippen molar-refractivity contribution in [2.45, 2.75) is 19.8 Å². The van der Waals surface area contributed by atoms with Crippen molar-refractivity contribution in [3.8, 4) is 0 Å². The molecule has 2 amide bonds. The number of nitrogens with zero attached hydrogens (tertiary/aromatic N) is 1. The van der Waals surface area contributed by atoms with Gasteiger partial charge in [0.05, 0.1) is 12.1 Å². The fraction of sp³-hybridized carbons (Fsp3) is 0.333. The summed E-state index contributed by atoms with van der Waals surface area (Å²) in [5.41, 5.74) is 6.72. The zero-order valence-electron chi connectivity index (χ0n) is 11.6. The molecule has 0 atom stereocenters. The smallest absolute Gasteiger partial charge is 0.256 e. The second-order valence-corrected chi connectivity index (χ2v) is 4.79. The molecule has 2 aromatic rings. The summed E-state index contributed by atoms with van der Waals surface area (Å²) in [5, 5.41) is 0.864. The van der Waals surface area contributed by atoms with Crippen LogP contribution in [-0.2, 0) is 4.79 Å². The molecule has 0 saturated carbocycles. The van der Waals surface area contributed by atoms with E-state index in [0.717, 1.165) is 23.7 Å². The zero-order valence-corrected chi connectivity index (χ0v) is 11.6. The maximum Gasteiger partial charge on any atom is 0.256 e. The highest BCUT2D eigenvalue weighted by Gasteiger charge is 2.20. The van der Waals surface area contributed by atoms with E-state index >= 15 is 0 Å². The average Bonchev–Trinajstić information content (AvgIpc) is 2.86. The number of hydrogen-bond acceptors (Lipinski definition) is 2. The van der Waals surface area contributed by atoms with Crippen LogP contribution in [0.1, 0.15) is 30.1 Å². The number of aromatic amines is 1. The predicted molar refractivity (Wildman–Crippen MR) is 78.3 cm³/mol. The van der Waals surface area contributed by atoms with E-state index < -0.39 is 5.91 Å². The number of aromatic nitrogens is 1. The number of fused-ring (bicyclic) bond motifs is 1. The highest BCUT2D eigenvalue weighted by atomic mass is 16.2. The van der Waals surface area contributed by atoms with Gasteiger partial charge < -0.3 is 15.6 Å². The molecule has 2 rings (SSSR count). The number of H-pyrrole nitrogens is 1. The molecule has 106 valence electrons. The molecule has 0 fully saturated rings. The number of hydrogen-bond donors (Lipinski definition) is 2. The quantitative estimate of drug-likeness (QED) is 0.843. The molecule has 20 heavy (non-hydrogen) atoms. The van der Waals surface area contributed by atoms with Crippen molar-refractivity contribution in [3.63, 3.8) is 0 Å². The summed E-state index contributed by atoms with van der Waals surface area (Å²) in [5.74, 6) is -0.649. The van der Waals surface area contributed by atoms with Gasteiger partial charge in [0.2, 0.25) is 5.91 Å². The molecule has 5 nitrogen and oxygen atoms in total. The number of benzene rings is 1. The molecule has 0 spiro atoms. The van der Waals surface area contributed by atoms with Gasteiger partial charge in [0, 0.05) is 23.6 Å². The number of unbranched alkanes of at least 4 members (excludes halogenated alkanes) is 1. The molecule has 0 aliphatic rings. The molecule has 5 heteroatoms.